The monoisotopic (exact) mass is 300 g/mol. The predicted octanol–water partition coefficient (Wildman–Crippen LogP) is -3.59. The third-order valence-corrected chi connectivity index (χ3v) is 2.89. The first-order valence-corrected chi connectivity index (χ1v) is 6.52. The van der Waals surface area contributed by atoms with Crippen molar-refractivity contribution in [1.82, 2.24) is 5.32 Å². The Morgan fingerprint density at radius 3 is 2.42 bits per heavy atom. The molecule has 0 aromatic rings. The third kappa shape index (κ3) is 4.65. The molecule has 0 saturated carbocycles. The molecule has 11 heteroatoms. The molecule has 0 aromatic carbocycles. The zero-order valence-electron chi connectivity index (χ0n) is 9.79. The van der Waals surface area contributed by atoms with Gasteiger partial charge in [-0.1, -0.05) is 0 Å². The minimum absolute atomic E-state index is 0.573. The van der Waals surface area contributed by atoms with Gasteiger partial charge in [0.25, 0.3) is 0 Å². The number of amides is 1. The van der Waals surface area contributed by atoms with E-state index in [1.165, 1.54) is 0 Å². The van der Waals surface area contributed by atoms with Crippen LogP contribution in [0.2, 0.25) is 0 Å². The van der Waals surface area contributed by atoms with Crippen molar-refractivity contribution in [1.29, 1.82) is 0 Å². The Balaban J connectivity index is 2.69. The normalized spacial score (nSPS) is 35.9. The largest absolute Gasteiger partial charge is 0.726 e. The maximum atomic E-state index is 10.8. The Bertz CT molecular complexity index is 424. The minimum atomic E-state index is -4.99. The molecule has 0 aromatic heterocycles. The summed E-state index contributed by atoms with van der Waals surface area (Å²) in [7, 11) is -4.99. The zero-order valence-corrected chi connectivity index (χ0v) is 10.6. The molecule has 4 N–H and O–H groups in total. The van der Waals surface area contributed by atoms with E-state index in [9.17, 15) is 33.1 Å². The van der Waals surface area contributed by atoms with Crippen molar-refractivity contribution in [2.45, 2.75) is 37.6 Å². The molecule has 1 fully saturated rings. The number of carbonyl (C=O) groups excluding carboxylic acids is 1. The molecule has 1 amide bonds. The lowest BCUT2D eigenvalue weighted by atomic mass is 9.97. The van der Waals surface area contributed by atoms with Crippen molar-refractivity contribution >= 4 is 16.3 Å². The second-order valence-electron chi connectivity index (χ2n) is 3.97. The van der Waals surface area contributed by atoms with Gasteiger partial charge in [0.05, 0.1) is 6.61 Å². The highest BCUT2D eigenvalue weighted by molar-refractivity contribution is 7.80. The Labute approximate surface area is 108 Å². The van der Waals surface area contributed by atoms with Crippen LogP contribution in [0.25, 0.3) is 0 Å². The molecular formula is C8H14NO9S-. The first-order valence-electron chi connectivity index (χ1n) is 5.19. The Morgan fingerprint density at radius 1 is 1.37 bits per heavy atom. The van der Waals surface area contributed by atoms with Crippen molar-refractivity contribution in [3.05, 3.63) is 0 Å². The third-order valence-electron chi connectivity index (χ3n) is 2.47. The summed E-state index contributed by atoms with van der Waals surface area (Å²) in [6, 6.07) is -1.28. The van der Waals surface area contributed by atoms with E-state index in [1.54, 1.807) is 0 Å². The summed E-state index contributed by atoms with van der Waals surface area (Å²) in [6.07, 6.45) is -6.39. The van der Waals surface area contributed by atoms with Gasteiger partial charge in [0.1, 0.15) is 24.4 Å². The van der Waals surface area contributed by atoms with Crippen LogP contribution in [0, 0.1) is 0 Å². The molecule has 1 aliphatic heterocycles. The summed E-state index contributed by atoms with van der Waals surface area (Å²) in [5.41, 5.74) is 0. The molecule has 1 saturated heterocycles. The van der Waals surface area contributed by atoms with E-state index in [2.05, 4.69) is 9.50 Å². The molecule has 1 unspecified atom stereocenters. The van der Waals surface area contributed by atoms with Crippen LogP contribution in [0.1, 0.15) is 6.92 Å². The van der Waals surface area contributed by atoms with Gasteiger partial charge in [0.2, 0.25) is 16.3 Å². The summed E-state index contributed by atoms with van der Waals surface area (Å²) >= 11 is 0. The maximum Gasteiger partial charge on any atom is 0.217 e. The van der Waals surface area contributed by atoms with Crippen molar-refractivity contribution in [3.63, 3.8) is 0 Å². The minimum Gasteiger partial charge on any atom is -0.726 e. The van der Waals surface area contributed by atoms with Crippen molar-refractivity contribution < 1.29 is 42.0 Å². The second kappa shape index (κ2) is 6.09. The van der Waals surface area contributed by atoms with Crippen LogP contribution >= 0.6 is 0 Å². The number of nitrogens with one attached hydrogen (secondary N) is 1. The highest BCUT2D eigenvalue weighted by Gasteiger charge is 2.44. The quantitative estimate of drug-likeness (QED) is 0.303. The van der Waals surface area contributed by atoms with Crippen molar-refractivity contribution in [3.8, 4) is 0 Å². The van der Waals surface area contributed by atoms with Gasteiger partial charge in [-0.05, 0) is 0 Å². The molecule has 0 aliphatic carbocycles. The molecule has 5 atom stereocenters. The highest BCUT2D eigenvalue weighted by atomic mass is 32.3. The van der Waals surface area contributed by atoms with Gasteiger partial charge in [0, 0.05) is 6.92 Å². The summed E-state index contributed by atoms with van der Waals surface area (Å²) in [6.45, 7) is 0.263. The van der Waals surface area contributed by atoms with Crippen molar-refractivity contribution in [2.75, 3.05) is 6.61 Å². The van der Waals surface area contributed by atoms with Gasteiger partial charge in [-0.25, -0.2) is 8.42 Å². The number of rotatable bonds is 4. The van der Waals surface area contributed by atoms with E-state index in [0.717, 1.165) is 6.92 Å². The van der Waals surface area contributed by atoms with Crippen LogP contribution in [-0.2, 0) is 24.1 Å². The van der Waals surface area contributed by atoms with Gasteiger partial charge in [-0.15, -0.1) is 0 Å². The molecule has 0 radical (unpaired) electrons. The van der Waals surface area contributed by atoms with Gasteiger partial charge in [0.15, 0.2) is 6.29 Å². The van der Waals surface area contributed by atoms with Crippen LogP contribution in [0.5, 0.6) is 0 Å². The van der Waals surface area contributed by atoms with Gasteiger partial charge < -0.3 is 29.9 Å². The fourth-order valence-electron chi connectivity index (χ4n) is 1.62. The number of hydrogen-bond acceptors (Lipinski definition) is 9. The lowest BCUT2D eigenvalue weighted by Gasteiger charge is -2.40. The van der Waals surface area contributed by atoms with E-state index in [1.807, 2.05) is 0 Å². The number of carbonyl (C=O) groups is 1. The van der Waals surface area contributed by atoms with Gasteiger partial charge >= 0.3 is 0 Å². The van der Waals surface area contributed by atoms with Crippen LogP contribution in [-0.4, -0.2) is 71.4 Å². The van der Waals surface area contributed by atoms with Crippen LogP contribution in [0.3, 0.4) is 0 Å². The van der Waals surface area contributed by atoms with Gasteiger partial charge in [-0.3, -0.25) is 8.98 Å². The molecule has 1 aliphatic rings. The Hall–Kier alpha value is -0.820. The first kappa shape index (κ1) is 16.2. The van der Waals surface area contributed by atoms with E-state index >= 15 is 0 Å². The summed E-state index contributed by atoms with van der Waals surface area (Å²) < 4.78 is 39.4. The molecule has 1 rings (SSSR count). The fraction of sp³-hybridized carbons (Fsp3) is 0.875. The van der Waals surface area contributed by atoms with E-state index in [0.29, 0.717) is 0 Å². The SMILES string of the molecule is CC(=O)N[C@H]1C(O)O[C@H](COS(=O)(=O)[O-])[C@@H](O)[C@@H]1O. The smallest absolute Gasteiger partial charge is 0.217 e. The standard InChI is InChI=1S/C8H15NO9S/c1-3(10)9-5-7(12)6(11)4(18-8(5)13)2-17-19(14,15)16/h4-8,11-13H,2H2,1H3,(H,9,10)(H,14,15,16)/p-1/t4-,5-,6-,7-,8?/m1/s1. The van der Waals surface area contributed by atoms with E-state index in [-0.39, 0.29) is 0 Å². The topological polar surface area (TPSA) is 165 Å². The lowest BCUT2D eigenvalue weighted by molar-refractivity contribution is -0.252. The zero-order chi connectivity index (χ0) is 14.8. The summed E-state index contributed by atoms with van der Waals surface area (Å²) in [5, 5.41) is 31.0. The number of ether oxygens (including phenoxy) is 1. The van der Waals surface area contributed by atoms with Gasteiger partial charge in [-0.2, -0.15) is 0 Å². The first-order chi connectivity index (χ1) is 8.61. The predicted molar refractivity (Wildman–Crippen MR) is 56.1 cm³/mol. The molecule has 112 valence electrons. The van der Waals surface area contributed by atoms with E-state index in [4.69, 9.17) is 4.74 Å². The molecular weight excluding hydrogens is 286 g/mol. The fourth-order valence-corrected chi connectivity index (χ4v) is 1.93. The second-order valence-corrected chi connectivity index (χ2v) is 5.02. The van der Waals surface area contributed by atoms with E-state index < -0.39 is 53.6 Å². The highest BCUT2D eigenvalue weighted by Crippen LogP contribution is 2.20. The molecule has 0 bridgehead atoms. The van der Waals surface area contributed by atoms with Crippen LogP contribution in [0.15, 0.2) is 0 Å². The lowest BCUT2D eigenvalue weighted by Crippen LogP contribution is -2.64. The number of hydrogen-bond donors (Lipinski definition) is 4. The average Bonchev–Trinajstić information content (AvgIpc) is 2.26. The average molecular weight is 300 g/mol. The maximum absolute atomic E-state index is 10.8. The number of aliphatic hydroxyl groups excluding tert-OH is 3. The molecule has 10 nitrogen and oxygen atoms in total. The van der Waals surface area contributed by atoms with Crippen LogP contribution < -0.4 is 5.32 Å². The summed E-state index contributed by atoms with van der Waals surface area (Å²) in [5.74, 6) is -0.573. The molecule has 19 heavy (non-hydrogen) atoms. The Morgan fingerprint density at radius 2 is 1.95 bits per heavy atom. The molecule has 0 spiro atoms. The Kier molecular flexibility index (Phi) is 5.20. The molecule has 1 heterocycles. The summed E-state index contributed by atoms with van der Waals surface area (Å²) in [4.78, 5) is 10.8. The number of aliphatic hydroxyl groups is 3. The van der Waals surface area contributed by atoms with Crippen molar-refractivity contribution in [2.24, 2.45) is 0 Å². The van der Waals surface area contributed by atoms with Crippen LogP contribution in [0.4, 0.5) is 0 Å².